The molecule has 23 heavy (non-hydrogen) atoms. The van der Waals surface area contributed by atoms with Crippen LogP contribution in [-0.2, 0) is 20.6 Å². The number of nitrogens with two attached hydrogens (primary N) is 1. The minimum atomic E-state index is -3.65. The van der Waals surface area contributed by atoms with Gasteiger partial charge in [0, 0.05) is 11.6 Å². The molecule has 0 atom stereocenters. The lowest BCUT2D eigenvalue weighted by Gasteiger charge is -2.26. The molecule has 0 spiro atoms. The van der Waals surface area contributed by atoms with Crippen molar-refractivity contribution in [1.29, 1.82) is 0 Å². The topological polar surface area (TPSA) is 127 Å². The summed E-state index contributed by atoms with van der Waals surface area (Å²) in [4.78, 5) is 23.1. The third kappa shape index (κ3) is 5.33. The molecule has 4 N–H and O–H groups in total. The van der Waals surface area contributed by atoms with Gasteiger partial charge in [0.25, 0.3) is 5.91 Å². The second-order valence-corrected chi connectivity index (χ2v) is 7.48. The zero-order chi connectivity index (χ0) is 17.0. The Labute approximate surface area is 134 Å². The predicted molar refractivity (Wildman–Crippen MR) is 84.1 cm³/mol. The summed E-state index contributed by atoms with van der Waals surface area (Å²) in [5.74, 6) is -1.73. The third-order valence-corrected chi connectivity index (χ3v) is 4.70. The lowest BCUT2D eigenvalue weighted by Crippen LogP contribution is -2.38. The molecule has 1 saturated carbocycles. The summed E-state index contributed by atoms with van der Waals surface area (Å²) < 4.78 is 22.2. The van der Waals surface area contributed by atoms with Crippen molar-refractivity contribution in [3.8, 4) is 0 Å². The highest BCUT2D eigenvalue weighted by Gasteiger charge is 2.26. The summed E-state index contributed by atoms with van der Waals surface area (Å²) in [7, 11) is -3.65. The van der Waals surface area contributed by atoms with Crippen molar-refractivity contribution in [2.24, 2.45) is 11.1 Å². The van der Waals surface area contributed by atoms with Crippen LogP contribution in [-0.4, -0.2) is 31.4 Å². The van der Waals surface area contributed by atoms with E-state index in [1.165, 1.54) is 6.07 Å². The molecule has 1 aromatic carbocycles. The van der Waals surface area contributed by atoms with Gasteiger partial charge in [0.1, 0.15) is 0 Å². The number of carboxylic acids is 1. The smallest absolute Gasteiger partial charge is 0.306 e. The highest BCUT2D eigenvalue weighted by Crippen LogP contribution is 2.24. The Morgan fingerprint density at radius 2 is 1.87 bits per heavy atom. The predicted octanol–water partition coefficient (Wildman–Crippen LogP) is 0.848. The first-order chi connectivity index (χ1) is 10.7. The lowest BCUT2D eigenvalue weighted by atomic mass is 9.86. The first-order valence-corrected chi connectivity index (χ1v) is 9.09. The average molecular weight is 340 g/mol. The Hall–Kier alpha value is -1.93. The molecule has 1 aromatic rings. The van der Waals surface area contributed by atoms with Gasteiger partial charge in [0.05, 0.1) is 11.7 Å². The first-order valence-electron chi connectivity index (χ1n) is 7.37. The Balaban J connectivity index is 1.96. The van der Waals surface area contributed by atoms with Gasteiger partial charge in [0.15, 0.2) is 0 Å². The summed E-state index contributed by atoms with van der Waals surface area (Å²) in [6.45, 7) is 0. The van der Waals surface area contributed by atoms with E-state index in [0.29, 0.717) is 36.8 Å². The van der Waals surface area contributed by atoms with Crippen LogP contribution in [0.1, 0.15) is 41.6 Å². The quantitative estimate of drug-likeness (QED) is 0.732. The maximum atomic E-state index is 12.2. The molecule has 0 unspecified atom stereocenters. The third-order valence-electron chi connectivity index (χ3n) is 3.97. The van der Waals surface area contributed by atoms with Crippen LogP contribution < -0.4 is 10.5 Å². The van der Waals surface area contributed by atoms with E-state index in [1.54, 1.807) is 18.2 Å². The normalized spacial score (nSPS) is 21.6. The SMILES string of the molecule is NS(=O)(=O)Cc1cccc(C(=O)NC2CCC(C(=O)O)CC2)c1. The van der Waals surface area contributed by atoms with Crippen LogP contribution in [0.5, 0.6) is 0 Å². The fraction of sp³-hybridized carbons (Fsp3) is 0.467. The molecule has 0 heterocycles. The molecular weight excluding hydrogens is 320 g/mol. The van der Waals surface area contributed by atoms with Gasteiger partial charge in [-0.3, -0.25) is 9.59 Å². The van der Waals surface area contributed by atoms with E-state index in [0.717, 1.165) is 0 Å². The number of nitrogens with one attached hydrogen (secondary N) is 1. The van der Waals surface area contributed by atoms with Gasteiger partial charge >= 0.3 is 5.97 Å². The number of sulfonamides is 1. The van der Waals surface area contributed by atoms with E-state index in [2.05, 4.69) is 5.32 Å². The summed E-state index contributed by atoms with van der Waals surface area (Å²) in [6.07, 6.45) is 2.34. The summed E-state index contributed by atoms with van der Waals surface area (Å²) in [5.41, 5.74) is 0.821. The van der Waals surface area contributed by atoms with E-state index in [9.17, 15) is 18.0 Å². The number of carbonyl (C=O) groups excluding carboxylic acids is 1. The van der Waals surface area contributed by atoms with Gasteiger partial charge < -0.3 is 10.4 Å². The second kappa shape index (κ2) is 7.10. The summed E-state index contributed by atoms with van der Waals surface area (Å²) in [5, 5.41) is 16.8. The van der Waals surface area contributed by atoms with Crippen LogP contribution in [0.3, 0.4) is 0 Å². The monoisotopic (exact) mass is 340 g/mol. The van der Waals surface area contributed by atoms with Crippen molar-refractivity contribution in [3.63, 3.8) is 0 Å². The molecule has 1 fully saturated rings. The molecule has 0 aromatic heterocycles. The van der Waals surface area contributed by atoms with Crippen molar-refractivity contribution in [2.45, 2.75) is 37.5 Å². The maximum absolute atomic E-state index is 12.2. The molecule has 126 valence electrons. The zero-order valence-corrected chi connectivity index (χ0v) is 13.4. The van der Waals surface area contributed by atoms with Crippen LogP contribution in [0, 0.1) is 5.92 Å². The number of rotatable bonds is 5. The van der Waals surface area contributed by atoms with E-state index < -0.39 is 16.0 Å². The highest BCUT2D eigenvalue weighted by molar-refractivity contribution is 7.88. The van der Waals surface area contributed by atoms with Crippen molar-refractivity contribution in [1.82, 2.24) is 5.32 Å². The summed E-state index contributed by atoms with van der Waals surface area (Å²) >= 11 is 0. The Morgan fingerprint density at radius 3 is 2.43 bits per heavy atom. The largest absolute Gasteiger partial charge is 0.481 e. The first kappa shape index (κ1) is 17.4. The number of aliphatic carboxylic acids is 1. The molecule has 1 aliphatic rings. The van der Waals surface area contributed by atoms with Gasteiger partial charge in [-0.15, -0.1) is 0 Å². The van der Waals surface area contributed by atoms with Crippen LogP contribution >= 0.6 is 0 Å². The maximum Gasteiger partial charge on any atom is 0.306 e. The Kier molecular flexibility index (Phi) is 5.38. The fourth-order valence-electron chi connectivity index (χ4n) is 2.79. The standard InChI is InChI=1S/C15H20N2O5S/c16-23(21,22)9-10-2-1-3-12(8-10)14(18)17-13-6-4-11(5-7-13)15(19)20/h1-3,8,11,13H,4-7,9H2,(H,17,18)(H,19,20)(H2,16,21,22). The number of benzene rings is 1. The van der Waals surface area contributed by atoms with E-state index in [-0.39, 0.29) is 23.6 Å². The molecule has 0 aliphatic heterocycles. The highest BCUT2D eigenvalue weighted by atomic mass is 32.2. The molecule has 7 nitrogen and oxygen atoms in total. The number of hydrogen-bond donors (Lipinski definition) is 3. The van der Waals surface area contributed by atoms with Crippen LogP contribution in [0.15, 0.2) is 24.3 Å². The summed E-state index contributed by atoms with van der Waals surface area (Å²) in [6, 6.07) is 6.25. The molecule has 8 heteroatoms. The van der Waals surface area contributed by atoms with Gasteiger partial charge in [-0.1, -0.05) is 12.1 Å². The molecule has 0 radical (unpaired) electrons. The number of primary sulfonamides is 1. The Morgan fingerprint density at radius 1 is 1.22 bits per heavy atom. The molecule has 0 saturated heterocycles. The number of amides is 1. The van der Waals surface area contributed by atoms with Gasteiger partial charge in [-0.25, -0.2) is 13.6 Å². The molecular formula is C15H20N2O5S. The number of hydrogen-bond acceptors (Lipinski definition) is 4. The van der Waals surface area contributed by atoms with Gasteiger partial charge in [0.2, 0.25) is 10.0 Å². The second-order valence-electron chi connectivity index (χ2n) is 5.87. The van der Waals surface area contributed by atoms with Gasteiger partial charge in [-0.05, 0) is 43.4 Å². The van der Waals surface area contributed by atoms with Crippen LogP contribution in [0.25, 0.3) is 0 Å². The Bertz CT molecular complexity index is 694. The lowest BCUT2D eigenvalue weighted by molar-refractivity contribution is -0.142. The van der Waals surface area contributed by atoms with Crippen LogP contribution in [0.4, 0.5) is 0 Å². The minimum absolute atomic E-state index is 0.0556. The molecule has 2 rings (SSSR count). The van der Waals surface area contributed by atoms with Crippen molar-refractivity contribution in [2.75, 3.05) is 0 Å². The average Bonchev–Trinajstić information content (AvgIpc) is 2.46. The van der Waals surface area contributed by atoms with E-state index in [1.807, 2.05) is 0 Å². The van der Waals surface area contributed by atoms with E-state index >= 15 is 0 Å². The van der Waals surface area contributed by atoms with Crippen molar-refractivity contribution in [3.05, 3.63) is 35.4 Å². The van der Waals surface area contributed by atoms with Gasteiger partial charge in [-0.2, -0.15) is 0 Å². The van der Waals surface area contributed by atoms with Crippen molar-refractivity contribution >= 4 is 21.9 Å². The molecule has 1 aliphatic carbocycles. The number of carbonyl (C=O) groups is 2. The van der Waals surface area contributed by atoms with E-state index in [4.69, 9.17) is 10.2 Å². The molecule has 0 bridgehead atoms. The van der Waals surface area contributed by atoms with Crippen molar-refractivity contribution < 1.29 is 23.1 Å². The van der Waals surface area contributed by atoms with Crippen LogP contribution in [0.2, 0.25) is 0 Å². The minimum Gasteiger partial charge on any atom is -0.481 e. The number of carboxylic acid groups (broad SMARTS) is 1. The molecule has 1 amide bonds. The zero-order valence-electron chi connectivity index (χ0n) is 12.6. The fourth-order valence-corrected chi connectivity index (χ4v) is 3.43.